The van der Waals surface area contributed by atoms with Crippen molar-refractivity contribution in [1.29, 1.82) is 0 Å². The third-order valence-corrected chi connectivity index (χ3v) is 6.24. The van der Waals surface area contributed by atoms with E-state index in [4.69, 9.17) is 4.74 Å². The summed E-state index contributed by atoms with van der Waals surface area (Å²) in [4.78, 5) is 12.7. The molecule has 136 valence electrons. The van der Waals surface area contributed by atoms with Crippen LogP contribution in [0.15, 0.2) is 24.3 Å². The first-order valence-electron chi connectivity index (χ1n) is 9.47. The van der Waals surface area contributed by atoms with Crippen LogP contribution in [0.2, 0.25) is 0 Å². The van der Waals surface area contributed by atoms with Crippen molar-refractivity contribution < 1.29 is 14.6 Å². The summed E-state index contributed by atoms with van der Waals surface area (Å²) >= 11 is 0. The number of ether oxygens (including phenoxy) is 1. The van der Waals surface area contributed by atoms with E-state index in [2.05, 4.69) is 31.2 Å². The van der Waals surface area contributed by atoms with Gasteiger partial charge in [-0.05, 0) is 63.7 Å². The van der Waals surface area contributed by atoms with Gasteiger partial charge in [-0.15, -0.1) is 0 Å². The van der Waals surface area contributed by atoms with E-state index in [9.17, 15) is 9.90 Å². The highest BCUT2D eigenvalue weighted by atomic mass is 16.5. The maximum atomic E-state index is 12.7. The molecule has 2 aliphatic rings. The molecule has 1 saturated carbocycles. The molecule has 2 rings (SSSR count). The van der Waals surface area contributed by atoms with Gasteiger partial charge in [0.15, 0.2) is 0 Å². The average Bonchev–Trinajstić information content (AvgIpc) is 2.55. The fourth-order valence-corrected chi connectivity index (χ4v) is 4.23. The first-order chi connectivity index (χ1) is 11.3. The van der Waals surface area contributed by atoms with Gasteiger partial charge < -0.3 is 9.84 Å². The lowest BCUT2D eigenvalue weighted by Gasteiger charge is -2.47. The van der Waals surface area contributed by atoms with Crippen LogP contribution < -0.4 is 0 Å². The Morgan fingerprint density at radius 1 is 1.33 bits per heavy atom. The van der Waals surface area contributed by atoms with Gasteiger partial charge in [-0.25, -0.2) is 0 Å². The van der Waals surface area contributed by atoms with Crippen molar-refractivity contribution in [3.8, 4) is 0 Å². The molecule has 0 spiro atoms. The van der Waals surface area contributed by atoms with E-state index in [0.717, 1.165) is 19.3 Å². The molecule has 0 aromatic heterocycles. The molecule has 2 aliphatic carbocycles. The second-order valence-electron chi connectivity index (χ2n) is 8.27. The van der Waals surface area contributed by atoms with Gasteiger partial charge in [0.2, 0.25) is 0 Å². The third-order valence-electron chi connectivity index (χ3n) is 6.24. The van der Waals surface area contributed by atoms with Crippen LogP contribution in [0.4, 0.5) is 0 Å². The van der Waals surface area contributed by atoms with Crippen LogP contribution in [0, 0.1) is 35.0 Å². The summed E-state index contributed by atoms with van der Waals surface area (Å²) in [5, 5.41) is 9.94. The van der Waals surface area contributed by atoms with Crippen LogP contribution >= 0.6 is 0 Å². The van der Waals surface area contributed by atoms with Crippen molar-refractivity contribution >= 4 is 5.97 Å². The van der Waals surface area contributed by atoms with Crippen molar-refractivity contribution in [2.75, 3.05) is 6.61 Å². The Balaban J connectivity index is 2.26. The quantitative estimate of drug-likeness (QED) is 0.600. The highest BCUT2D eigenvalue weighted by Crippen LogP contribution is 2.46. The summed E-state index contributed by atoms with van der Waals surface area (Å²) in [6, 6.07) is 0. The highest BCUT2D eigenvalue weighted by molar-refractivity contribution is 5.76. The number of carbonyl (C=O) groups is 1. The van der Waals surface area contributed by atoms with Gasteiger partial charge in [-0.2, -0.15) is 0 Å². The molecule has 1 N–H and O–H groups in total. The van der Waals surface area contributed by atoms with Crippen molar-refractivity contribution in [2.45, 2.75) is 60.0 Å². The lowest BCUT2D eigenvalue weighted by molar-refractivity contribution is -0.170. The van der Waals surface area contributed by atoms with Gasteiger partial charge in [0.05, 0.1) is 5.41 Å². The molecule has 6 atom stereocenters. The number of carbonyl (C=O) groups excluding carboxylic acids is 1. The number of allylic oxidation sites excluding steroid dienone is 4. The Morgan fingerprint density at radius 2 is 2.04 bits per heavy atom. The molecule has 0 amide bonds. The predicted octanol–water partition coefficient (Wildman–Crippen LogP) is 4.37. The van der Waals surface area contributed by atoms with Gasteiger partial charge in [0.25, 0.3) is 0 Å². The third kappa shape index (κ3) is 3.93. The monoisotopic (exact) mass is 334 g/mol. The van der Waals surface area contributed by atoms with Crippen LogP contribution in [0.25, 0.3) is 0 Å². The molecule has 0 aliphatic heterocycles. The number of hydrogen-bond acceptors (Lipinski definition) is 3. The van der Waals surface area contributed by atoms with Crippen LogP contribution in [0.1, 0.15) is 53.9 Å². The Kier molecular flexibility index (Phi) is 6.30. The first kappa shape index (κ1) is 19.2. The van der Waals surface area contributed by atoms with Crippen LogP contribution in [-0.4, -0.2) is 23.8 Å². The van der Waals surface area contributed by atoms with Gasteiger partial charge >= 0.3 is 5.97 Å². The maximum absolute atomic E-state index is 12.7. The minimum Gasteiger partial charge on any atom is -0.462 e. The van der Waals surface area contributed by atoms with E-state index in [0.29, 0.717) is 17.8 Å². The molecule has 1 fully saturated rings. The molecule has 3 heteroatoms. The fourth-order valence-electron chi connectivity index (χ4n) is 4.23. The first-order valence-corrected chi connectivity index (χ1v) is 9.47. The van der Waals surface area contributed by atoms with Gasteiger partial charge in [-0.1, -0.05) is 38.2 Å². The smallest absolute Gasteiger partial charge is 0.311 e. The van der Waals surface area contributed by atoms with Crippen molar-refractivity contribution in [2.24, 2.45) is 35.0 Å². The molecule has 0 radical (unpaired) electrons. The summed E-state index contributed by atoms with van der Waals surface area (Å²) in [7, 11) is 0. The molecule has 0 bridgehead atoms. The van der Waals surface area contributed by atoms with E-state index in [-0.39, 0.29) is 30.5 Å². The van der Waals surface area contributed by atoms with E-state index in [1.807, 2.05) is 27.7 Å². The number of fused-ring (bicyclic) bond motifs is 1. The number of hydrogen-bond donors (Lipinski definition) is 1. The summed E-state index contributed by atoms with van der Waals surface area (Å²) in [5.74, 6) is 1.46. The molecular weight excluding hydrogens is 300 g/mol. The zero-order valence-corrected chi connectivity index (χ0v) is 15.9. The lowest BCUT2D eigenvalue weighted by atomic mass is 9.61. The molecule has 0 unspecified atom stereocenters. The molecule has 0 saturated heterocycles. The molecule has 0 heterocycles. The minimum atomic E-state index is -0.451. The highest BCUT2D eigenvalue weighted by Gasteiger charge is 2.46. The van der Waals surface area contributed by atoms with Gasteiger partial charge in [0.1, 0.15) is 6.10 Å². The van der Waals surface area contributed by atoms with E-state index < -0.39 is 5.41 Å². The normalized spacial score (nSPS) is 36.6. The molecule has 3 nitrogen and oxygen atoms in total. The Bertz CT molecular complexity index is 491. The Hall–Kier alpha value is -1.09. The molecule has 0 aromatic carbocycles. The SMILES string of the molecule is CC=C[C@@H]1C[C@H](OC(=O)C(C)(C)CC)[C@@H]2[C@@H](CO)[C@@H](C)C=C[C@H]2C1. The summed E-state index contributed by atoms with van der Waals surface area (Å²) in [6.07, 6.45) is 11.5. The van der Waals surface area contributed by atoms with Crippen molar-refractivity contribution in [3.63, 3.8) is 0 Å². The molecule has 0 aromatic rings. The molecular formula is C21H34O3. The van der Waals surface area contributed by atoms with E-state index in [1.165, 1.54) is 0 Å². The largest absolute Gasteiger partial charge is 0.462 e. The standard InChI is InChI=1S/C21H34O3/c1-6-8-15-11-16-10-9-14(3)17(13-22)19(16)18(12-15)24-20(23)21(4,5)7-2/h6,8-10,14-19,22H,7,11-13H2,1-5H3/t14-,15-,16-,17-,18-,19-/m0/s1. The fraction of sp³-hybridized carbons (Fsp3) is 0.762. The van der Waals surface area contributed by atoms with Crippen molar-refractivity contribution in [3.05, 3.63) is 24.3 Å². The zero-order valence-electron chi connectivity index (χ0n) is 15.9. The van der Waals surface area contributed by atoms with E-state index >= 15 is 0 Å². The van der Waals surface area contributed by atoms with Crippen LogP contribution in [0.3, 0.4) is 0 Å². The molecule has 24 heavy (non-hydrogen) atoms. The maximum Gasteiger partial charge on any atom is 0.311 e. The van der Waals surface area contributed by atoms with Crippen molar-refractivity contribution in [1.82, 2.24) is 0 Å². The number of rotatable bonds is 5. The topological polar surface area (TPSA) is 46.5 Å². The number of esters is 1. The van der Waals surface area contributed by atoms with Crippen LogP contribution in [0.5, 0.6) is 0 Å². The summed E-state index contributed by atoms with van der Waals surface area (Å²) < 4.78 is 6.06. The number of aliphatic hydroxyl groups is 1. The average molecular weight is 335 g/mol. The minimum absolute atomic E-state index is 0.103. The number of aliphatic hydroxyl groups excluding tert-OH is 1. The second-order valence-corrected chi connectivity index (χ2v) is 8.27. The Labute approximate surface area is 147 Å². The van der Waals surface area contributed by atoms with Gasteiger partial charge in [-0.3, -0.25) is 4.79 Å². The van der Waals surface area contributed by atoms with Crippen LogP contribution in [-0.2, 0) is 9.53 Å². The predicted molar refractivity (Wildman–Crippen MR) is 97.3 cm³/mol. The summed E-state index contributed by atoms with van der Waals surface area (Å²) in [6.45, 7) is 10.3. The zero-order chi connectivity index (χ0) is 17.9. The van der Waals surface area contributed by atoms with Gasteiger partial charge in [0, 0.05) is 12.5 Å². The second kappa shape index (κ2) is 7.86. The lowest BCUT2D eigenvalue weighted by Crippen LogP contribution is -2.47. The summed E-state index contributed by atoms with van der Waals surface area (Å²) in [5.41, 5.74) is -0.451. The Morgan fingerprint density at radius 3 is 2.62 bits per heavy atom. The van der Waals surface area contributed by atoms with E-state index in [1.54, 1.807) is 0 Å².